The molecule has 3 aliphatic rings. The predicted octanol–water partition coefficient (Wildman–Crippen LogP) is 3.07. The monoisotopic (exact) mass is 386 g/mol. The molecule has 4 nitrogen and oxygen atoms in total. The van der Waals surface area contributed by atoms with Crippen LogP contribution in [0, 0.1) is 3.57 Å². The SMILES string of the molecule is O=c1[nH]c(C2CC3CCC2O3)nc(C2CCCC2)c1I. The molecule has 1 aliphatic carbocycles. The van der Waals surface area contributed by atoms with Crippen molar-refractivity contribution >= 4 is 22.6 Å². The Labute approximate surface area is 131 Å². The standard InChI is InChI=1S/C15H19IN2O2/c16-12-13(8-3-1-2-4-8)17-14(18-15(12)19)10-7-9-5-6-11(10)20-9/h8-11H,1-7H2,(H,17,18,19). The normalized spacial score (nSPS) is 33.1. The van der Waals surface area contributed by atoms with Gasteiger partial charge in [0, 0.05) is 11.8 Å². The summed E-state index contributed by atoms with van der Waals surface area (Å²) in [5.41, 5.74) is 1.09. The van der Waals surface area contributed by atoms with Crippen LogP contribution < -0.4 is 5.56 Å². The Balaban J connectivity index is 1.71. The number of halogens is 1. The lowest BCUT2D eigenvalue weighted by molar-refractivity contribution is 0.0998. The zero-order valence-corrected chi connectivity index (χ0v) is 13.6. The molecule has 20 heavy (non-hydrogen) atoms. The van der Waals surface area contributed by atoms with Crippen LogP contribution in [0.1, 0.15) is 68.3 Å². The maximum absolute atomic E-state index is 12.2. The third-order valence-corrected chi connectivity index (χ3v) is 6.15. The molecule has 3 fully saturated rings. The average molecular weight is 386 g/mol. The van der Waals surface area contributed by atoms with Crippen LogP contribution in [0.2, 0.25) is 0 Å². The number of H-pyrrole nitrogens is 1. The van der Waals surface area contributed by atoms with Gasteiger partial charge in [-0.15, -0.1) is 0 Å². The second-order valence-corrected chi connectivity index (χ2v) is 7.43. The van der Waals surface area contributed by atoms with Crippen molar-refractivity contribution in [3.05, 3.63) is 25.4 Å². The molecule has 4 rings (SSSR count). The summed E-state index contributed by atoms with van der Waals surface area (Å²) >= 11 is 2.16. The maximum atomic E-state index is 12.2. The first-order valence-corrected chi connectivity index (χ1v) is 8.75. The second kappa shape index (κ2) is 5.09. The Morgan fingerprint density at radius 1 is 1.20 bits per heavy atom. The first-order chi connectivity index (χ1) is 9.72. The highest BCUT2D eigenvalue weighted by Crippen LogP contribution is 2.43. The summed E-state index contributed by atoms with van der Waals surface area (Å²) in [5, 5.41) is 0. The highest BCUT2D eigenvalue weighted by Gasteiger charge is 2.43. The third kappa shape index (κ3) is 2.13. The fourth-order valence-electron chi connectivity index (χ4n) is 4.07. The Hall–Kier alpha value is -0.430. The minimum atomic E-state index is 0.0419. The maximum Gasteiger partial charge on any atom is 0.264 e. The van der Waals surface area contributed by atoms with E-state index in [1.807, 2.05) is 0 Å². The second-order valence-electron chi connectivity index (χ2n) is 6.35. The molecule has 3 heterocycles. The molecule has 2 aliphatic heterocycles. The molecule has 1 aromatic rings. The molecule has 1 N–H and O–H groups in total. The summed E-state index contributed by atoms with van der Waals surface area (Å²) in [7, 11) is 0. The molecule has 0 aromatic carbocycles. The van der Waals surface area contributed by atoms with Crippen molar-refractivity contribution in [1.29, 1.82) is 0 Å². The van der Waals surface area contributed by atoms with Crippen molar-refractivity contribution < 1.29 is 4.74 Å². The molecule has 2 saturated heterocycles. The van der Waals surface area contributed by atoms with E-state index < -0.39 is 0 Å². The smallest absolute Gasteiger partial charge is 0.264 e. The minimum absolute atomic E-state index is 0.0419. The van der Waals surface area contributed by atoms with E-state index in [4.69, 9.17) is 9.72 Å². The van der Waals surface area contributed by atoms with Gasteiger partial charge in [-0.1, -0.05) is 12.8 Å². The minimum Gasteiger partial charge on any atom is -0.374 e. The van der Waals surface area contributed by atoms with Crippen molar-refractivity contribution in [2.75, 3.05) is 0 Å². The lowest BCUT2D eigenvalue weighted by atomic mass is 9.88. The first-order valence-electron chi connectivity index (χ1n) is 7.67. The van der Waals surface area contributed by atoms with E-state index in [2.05, 4.69) is 27.6 Å². The van der Waals surface area contributed by atoms with Crippen LogP contribution in [-0.4, -0.2) is 22.2 Å². The van der Waals surface area contributed by atoms with Crippen molar-refractivity contribution in [3.63, 3.8) is 0 Å². The van der Waals surface area contributed by atoms with Gasteiger partial charge in [0.2, 0.25) is 0 Å². The van der Waals surface area contributed by atoms with Crippen LogP contribution in [0.25, 0.3) is 0 Å². The van der Waals surface area contributed by atoms with E-state index >= 15 is 0 Å². The zero-order valence-electron chi connectivity index (χ0n) is 11.4. The Bertz CT molecular complexity index is 580. The van der Waals surface area contributed by atoms with E-state index in [0.717, 1.165) is 27.9 Å². The summed E-state index contributed by atoms with van der Waals surface area (Å²) in [6.45, 7) is 0. The third-order valence-electron chi connectivity index (χ3n) is 5.11. The molecular weight excluding hydrogens is 367 g/mol. The van der Waals surface area contributed by atoms with Gasteiger partial charge in [0.1, 0.15) is 5.82 Å². The van der Waals surface area contributed by atoms with Gasteiger partial charge in [0.05, 0.1) is 21.5 Å². The molecule has 3 atom stereocenters. The van der Waals surface area contributed by atoms with E-state index in [1.165, 1.54) is 32.1 Å². The summed E-state index contributed by atoms with van der Waals surface area (Å²) in [6.07, 6.45) is 8.87. The number of aromatic nitrogens is 2. The van der Waals surface area contributed by atoms with Crippen LogP contribution in [0.15, 0.2) is 4.79 Å². The van der Waals surface area contributed by atoms with Gasteiger partial charge in [-0.25, -0.2) is 4.98 Å². The first kappa shape index (κ1) is 13.2. The van der Waals surface area contributed by atoms with E-state index in [-0.39, 0.29) is 11.7 Å². The summed E-state index contributed by atoms with van der Waals surface area (Å²) < 4.78 is 6.70. The summed E-state index contributed by atoms with van der Waals surface area (Å²) in [5.74, 6) is 1.67. The Morgan fingerprint density at radius 2 is 2.00 bits per heavy atom. The molecule has 0 radical (unpaired) electrons. The van der Waals surface area contributed by atoms with Gasteiger partial charge in [-0.05, 0) is 54.7 Å². The van der Waals surface area contributed by atoms with Gasteiger partial charge in [0.15, 0.2) is 0 Å². The molecule has 0 amide bonds. The number of nitrogens with one attached hydrogen (secondary N) is 1. The Kier molecular flexibility index (Phi) is 3.37. The van der Waals surface area contributed by atoms with Gasteiger partial charge in [0.25, 0.3) is 5.56 Å². The molecular formula is C15H19IN2O2. The summed E-state index contributed by atoms with van der Waals surface area (Å²) in [4.78, 5) is 20.1. The zero-order chi connectivity index (χ0) is 13.7. The quantitative estimate of drug-likeness (QED) is 0.795. The van der Waals surface area contributed by atoms with Gasteiger partial charge in [-0.2, -0.15) is 0 Å². The highest BCUT2D eigenvalue weighted by molar-refractivity contribution is 14.1. The fourth-order valence-corrected chi connectivity index (χ4v) is 4.76. The van der Waals surface area contributed by atoms with Crippen LogP contribution in [-0.2, 0) is 4.74 Å². The molecule has 1 saturated carbocycles. The predicted molar refractivity (Wildman–Crippen MR) is 84.0 cm³/mol. The number of ether oxygens (including phenoxy) is 1. The van der Waals surface area contributed by atoms with E-state index in [1.54, 1.807) is 0 Å². The molecule has 5 heteroatoms. The van der Waals surface area contributed by atoms with Crippen LogP contribution in [0.3, 0.4) is 0 Å². The molecule has 1 aromatic heterocycles. The highest BCUT2D eigenvalue weighted by atomic mass is 127. The largest absolute Gasteiger partial charge is 0.374 e. The van der Waals surface area contributed by atoms with Crippen LogP contribution in [0.4, 0.5) is 0 Å². The van der Waals surface area contributed by atoms with Crippen LogP contribution >= 0.6 is 22.6 Å². The van der Waals surface area contributed by atoms with Crippen molar-refractivity contribution in [2.45, 2.75) is 69.0 Å². The number of hydrogen-bond acceptors (Lipinski definition) is 3. The number of hydrogen-bond donors (Lipinski definition) is 1. The molecule has 108 valence electrons. The lowest BCUT2D eigenvalue weighted by Gasteiger charge is -2.20. The molecule has 0 spiro atoms. The van der Waals surface area contributed by atoms with E-state index in [0.29, 0.717) is 17.9 Å². The van der Waals surface area contributed by atoms with Crippen molar-refractivity contribution in [1.82, 2.24) is 9.97 Å². The van der Waals surface area contributed by atoms with E-state index in [9.17, 15) is 4.79 Å². The molecule has 2 bridgehead atoms. The topological polar surface area (TPSA) is 55.0 Å². The van der Waals surface area contributed by atoms with Gasteiger partial charge >= 0.3 is 0 Å². The number of fused-ring (bicyclic) bond motifs is 2. The fraction of sp³-hybridized carbons (Fsp3) is 0.733. The van der Waals surface area contributed by atoms with Crippen molar-refractivity contribution in [3.8, 4) is 0 Å². The number of aromatic amines is 1. The number of rotatable bonds is 2. The lowest BCUT2D eigenvalue weighted by Crippen LogP contribution is -2.25. The average Bonchev–Trinajstić information content (AvgIpc) is 3.18. The van der Waals surface area contributed by atoms with Crippen molar-refractivity contribution in [2.24, 2.45) is 0 Å². The summed E-state index contributed by atoms with van der Waals surface area (Å²) in [6, 6.07) is 0. The Morgan fingerprint density at radius 3 is 2.65 bits per heavy atom. The van der Waals surface area contributed by atoms with Crippen LogP contribution in [0.5, 0.6) is 0 Å². The van der Waals surface area contributed by atoms with Gasteiger partial charge in [-0.3, -0.25) is 4.79 Å². The molecule has 3 unspecified atom stereocenters. The number of nitrogens with zero attached hydrogens (tertiary/aromatic N) is 1. The van der Waals surface area contributed by atoms with Gasteiger partial charge < -0.3 is 9.72 Å².